The van der Waals surface area contributed by atoms with Crippen LogP contribution in [0.5, 0.6) is 0 Å². The summed E-state index contributed by atoms with van der Waals surface area (Å²) in [6.07, 6.45) is 11.0. The summed E-state index contributed by atoms with van der Waals surface area (Å²) in [6.45, 7) is 5.78. The summed E-state index contributed by atoms with van der Waals surface area (Å²) >= 11 is 0. The number of piperidine rings is 2. The van der Waals surface area contributed by atoms with E-state index in [0.29, 0.717) is 5.54 Å². The zero-order chi connectivity index (χ0) is 14.2. The Labute approximate surface area is 124 Å². The summed E-state index contributed by atoms with van der Waals surface area (Å²) < 4.78 is 0. The highest BCUT2D eigenvalue weighted by Crippen LogP contribution is 2.43. The van der Waals surface area contributed by atoms with E-state index in [0.717, 1.165) is 24.5 Å². The second-order valence-corrected chi connectivity index (χ2v) is 7.61. The zero-order valence-corrected chi connectivity index (χ0v) is 13.5. The van der Waals surface area contributed by atoms with Crippen molar-refractivity contribution in [1.82, 2.24) is 9.80 Å². The highest BCUT2D eigenvalue weighted by atomic mass is 15.3. The minimum Gasteiger partial charge on any atom is -0.329 e. The quantitative estimate of drug-likeness (QED) is 0.858. The Hall–Kier alpha value is -0.120. The molecule has 3 aliphatic rings. The Balaban J connectivity index is 1.65. The van der Waals surface area contributed by atoms with Crippen molar-refractivity contribution in [2.45, 2.75) is 75.9 Å². The van der Waals surface area contributed by atoms with E-state index in [2.05, 4.69) is 23.8 Å². The van der Waals surface area contributed by atoms with Gasteiger partial charge in [0.05, 0.1) is 0 Å². The van der Waals surface area contributed by atoms with Crippen LogP contribution in [0.2, 0.25) is 0 Å². The van der Waals surface area contributed by atoms with Crippen LogP contribution in [0.3, 0.4) is 0 Å². The van der Waals surface area contributed by atoms with Crippen molar-refractivity contribution in [2.75, 3.05) is 26.7 Å². The molecule has 3 aliphatic heterocycles. The number of hydrogen-bond acceptors (Lipinski definition) is 3. The Morgan fingerprint density at radius 2 is 1.65 bits per heavy atom. The lowest BCUT2D eigenvalue weighted by Crippen LogP contribution is -2.63. The Kier molecular flexibility index (Phi) is 4.40. The minimum atomic E-state index is 0.329. The molecule has 2 unspecified atom stereocenters. The first-order valence-electron chi connectivity index (χ1n) is 8.85. The van der Waals surface area contributed by atoms with E-state index in [1.807, 2.05) is 0 Å². The number of rotatable bonds is 4. The van der Waals surface area contributed by atoms with E-state index in [1.165, 1.54) is 64.5 Å². The first kappa shape index (κ1) is 14.8. The molecular formula is C17H33N3. The van der Waals surface area contributed by atoms with Crippen molar-refractivity contribution in [2.24, 2.45) is 11.7 Å². The number of likely N-dealkylation sites (tertiary alicyclic amines) is 1. The molecule has 0 amide bonds. The molecule has 2 atom stereocenters. The highest BCUT2D eigenvalue weighted by molar-refractivity contribution is 5.07. The normalized spacial score (nSPS) is 40.4. The van der Waals surface area contributed by atoms with E-state index in [-0.39, 0.29) is 0 Å². The summed E-state index contributed by atoms with van der Waals surface area (Å²) in [5, 5.41) is 0. The molecule has 0 aliphatic carbocycles. The molecule has 0 aromatic carbocycles. The fourth-order valence-corrected chi connectivity index (χ4v) is 5.20. The number of nitrogens with zero attached hydrogens (tertiary/aromatic N) is 2. The van der Waals surface area contributed by atoms with Gasteiger partial charge in [-0.1, -0.05) is 19.8 Å². The molecule has 3 fully saturated rings. The third-order valence-electron chi connectivity index (χ3n) is 6.58. The molecular weight excluding hydrogens is 246 g/mol. The van der Waals surface area contributed by atoms with Crippen LogP contribution < -0.4 is 5.73 Å². The third kappa shape index (κ3) is 2.53. The summed E-state index contributed by atoms with van der Waals surface area (Å²) in [5.41, 5.74) is 6.63. The molecule has 3 nitrogen and oxygen atoms in total. The Bertz CT molecular complexity index is 308. The van der Waals surface area contributed by atoms with Gasteiger partial charge in [0.15, 0.2) is 0 Å². The van der Waals surface area contributed by atoms with Crippen LogP contribution in [0, 0.1) is 5.92 Å². The predicted octanol–water partition coefficient (Wildman–Crippen LogP) is 2.45. The molecule has 0 aromatic heterocycles. The average Bonchev–Trinajstić information content (AvgIpc) is 2.71. The van der Waals surface area contributed by atoms with Gasteiger partial charge in [-0.3, -0.25) is 4.90 Å². The van der Waals surface area contributed by atoms with Crippen molar-refractivity contribution in [3.8, 4) is 0 Å². The maximum atomic E-state index is 6.30. The summed E-state index contributed by atoms with van der Waals surface area (Å²) in [5.74, 6) is 0.981. The second kappa shape index (κ2) is 5.94. The van der Waals surface area contributed by atoms with Gasteiger partial charge in [0.1, 0.15) is 0 Å². The lowest BCUT2D eigenvalue weighted by atomic mass is 9.79. The van der Waals surface area contributed by atoms with Crippen LogP contribution >= 0.6 is 0 Å². The minimum absolute atomic E-state index is 0.329. The molecule has 0 spiro atoms. The van der Waals surface area contributed by atoms with Gasteiger partial charge in [-0.25, -0.2) is 0 Å². The topological polar surface area (TPSA) is 32.5 Å². The van der Waals surface area contributed by atoms with Crippen LogP contribution in [0.25, 0.3) is 0 Å². The third-order valence-corrected chi connectivity index (χ3v) is 6.58. The SMILES string of the molecule is CCCC1CCN(C2(CN)CC3CCC(C2)N3C)CC1. The fourth-order valence-electron chi connectivity index (χ4n) is 5.20. The average molecular weight is 279 g/mol. The van der Waals surface area contributed by atoms with Crippen LogP contribution in [0.15, 0.2) is 0 Å². The molecule has 116 valence electrons. The zero-order valence-electron chi connectivity index (χ0n) is 13.5. The van der Waals surface area contributed by atoms with Crippen LogP contribution in [-0.4, -0.2) is 54.1 Å². The van der Waals surface area contributed by atoms with Crippen molar-refractivity contribution >= 4 is 0 Å². The maximum absolute atomic E-state index is 6.30. The maximum Gasteiger partial charge on any atom is 0.0361 e. The van der Waals surface area contributed by atoms with Crippen LogP contribution in [0.4, 0.5) is 0 Å². The van der Waals surface area contributed by atoms with Crippen LogP contribution in [0.1, 0.15) is 58.3 Å². The van der Waals surface area contributed by atoms with Crippen molar-refractivity contribution < 1.29 is 0 Å². The monoisotopic (exact) mass is 279 g/mol. The highest BCUT2D eigenvalue weighted by Gasteiger charge is 2.49. The van der Waals surface area contributed by atoms with Gasteiger partial charge < -0.3 is 10.6 Å². The molecule has 0 aromatic rings. The number of nitrogens with two attached hydrogens (primary N) is 1. The molecule has 3 saturated heterocycles. The van der Waals surface area contributed by atoms with Crippen molar-refractivity contribution in [1.29, 1.82) is 0 Å². The summed E-state index contributed by atoms with van der Waals surface area (Å²) in [6, 6.07) is 1.59. The van der Waals surface area contributed by atoms with E-state index in [1.54, 1.807) is 0 Å². The first-order chi connectivity index (χ1) is 9.68. The largest absolute Gasteiger partial charge is 0.329 e. The van der Waals surface area contributed by atoms with Gasteiger partial charge in [0.25, 0.3) is 0 Å². The number of hydrogen-bond donors (Lipinski definition) is 1. The van der Waals surface area contributed by atoms with Crippen molar-refractivity contribution in [3.05, 3.63) is 0 Å². The molecule has 3 heterocycles. The van der Waals surface area contributed by atoms with Gasteiger partial charge in [-0.2, -0.15) is 0 Å². The molecule has 3 rings (SSSR count). The summed E-state index contributed by atoms with van der Waals surface area (Å²) in [4.78, 5) is 5.43. The van der Waals surface area contributed by atoms with Crippen molar-refractivity contribution in [3.63, 3.8) is 0 Å². The van der Waals surface area contributed by atoms with E-state index >= 15 is 0 Å². The van der Waals surface area contributed by atoms with Gasteiger partial charge in [0, 0.05) is 24.2 Å². The van der Waals surface area contributed by atoms with E-state index < -0.39 is 0 Å². The Morgan fingerprint density at radius 3 is 2.15 bits per heavy atom. The first-order valence-corrected chi connectivity index (χ1v) is 8.85. The van der Waals surface area contributed by atoms with Crippen LogP contribution in [-0.2, 0) is 0 Å². The standard InChI is InChI=1S/C17H33N3/c1-3-4-14-7-9-20(10-8-14)17(13-18)11-15-5-6-16(12-17)19(15)2/h14-16H,3-13,18H2,1-2H3. The van der Waals surface area contributed by atoms with Gasteiger partial charge in [-0.05, 0) is 64.6 Å². The second-order valence-electron chi connectivity index (χ2n) is 7.61. The lowest BCUT2D eigenvalue weighted by Gasteiger charge is -2.53. The van der Waals surface area contributed by atoms with Gasteiger partial charge >= 0.3 is 0 Å². The molecule has 0 radical (unpaired) electrons. The molecule has 2 bridgehead atoms. The van der Waals surface area contributed by atoms with E-state index in [9.17, 15) is 0 Å². The molecule has 20 heavy (non-hydrogen) atoms. The van der Waals surface area contributed by atoms with Gasteiger partial charge in [-0.15, -0.1) is 0 Å². The fraction of sp³-hybridized carbons (Fsp3) is 1.00. The molecule has 0 saturated carbocycles. The summed E-state index contributed by atoms with van der Waals surface area (Å²) in [7, 11) is 2.33. The van der Waals surface area contributed by atoms with E-state index in [4.69, 9.17) is 5.73 Å². The molecule has 2 N–H and O–H groups in total. The smallest absolute Gasteiger partial charge is 0.0361 e. The molecule has 3 heteroatoms. The predicted molar refractivity (Wildman–Crippen MR) is 84.8 cm³/mol. The lowest BCUT2D eigenvalue weighted by molar-refractivity contribution is -0.0176. The van der Waals surface area contributed by atoms with Gasteiger partial charge in [0.2, 0.25) is 0 Å². The number of fused-ring (bicyclic) bond motifs is 2. The Morgan fingerprint density at radius 1 is 1.05 bits per heavy atom.